The molecule has 28 heavy (non-hydrogen) atoms. The summed E-state index contributed by atoms with van der Waals surface area (Å²) in [7, 11) is 1.97. The lowest BCUT2D eigenvalue weighted by molar-refractivity contribution is -0.393. The van der Waals surface area contributed by atoms with Crippen LogP contribution in [0.15, 0.2) is 59.3 Å². The number of hydrogen-bond donors (Lipinski definition) is 1. The summed E-state index contributed by atoms with van der Waals surface area (Å²) in [6.07, 6.45) is 3.36. The van der Waals surface area contributed by atoms with Gasteiger partial charge in [-0.2, -0.15) is 5.10 Å². The molecule has 0 fully saturated rings. The van der Waals surface area contributed by atoms with Crippen molar-refractivity contribution >= 4 is 29.0 Å². The van der Waals surface area contributed by atoms with E-state index in [-0.39, 0.29) is 16.8 Å². The molecule has 1 heterocycles. The van der Waals surface area contributed by atoms with Crippen molar-refractivity contribution < 1.29 is 9.85 Å². The van der Waals surface area contributed by atoms with Gasteiger partial charge in [-0.25, -0.2) is 0 Å². The Morgan fingerprint density at radius 2 is 1.82 bits per heavy atom. The summed E-state index contributed by atoms with van der Waals surface area (Å²) in [5, 5.41) is 26.0. The van der Waals surface area contributed by atoms with Crippen LogP contribution in [0.5, 0.6) is 0 Å². The first-order valence-corrected chi connectivity index (χ1v) is 8.49. The van der Waals surface area contributed by atoms with E-state index in [0.717, 1.165) is 17.5 Å². The largest absolute Gasteiger partial charge is 0.347 e. The molecule has 144 valence electrons. The lowest BCUT2D eigenvalue weighted by Crippen LogP contribution is -2.23. The number of hydrazone groups is 1. The zero-order valence-corrected chi connectivity index (χ0v) is 15.6. The van der Waals surface area contributed by atoms with E-state index in [4.69, 9.17) is 0 Å². The van der Waals surface area contributed by atoms with E-state index >= 15 is 0 Å². The molecule has 0 radical (unpaired) electrons. The van der Waals surface area contributed by atoms with Gasteiger partial charge in [0.1, 0.15) is 5.69 Å². The van der Waals surface area contributed by atoms with Crippen molar-refractivity contribution in [1.29, 1.82) is 0 Å². The van der Waals surface area contributed by atoms with Crippen LogP contribution in [-0.4, -0.2) is 23.1 Å². The number of hydrogen-bond acceptors (Lipinski definition) is 7. The molecule has 0 atom stereocenters. The van der Waals surface area contributed by atoms with E-state index in [1.165, 1.54) is 23.9 Å². The van der Waals surface area contributed by atoms with Crippen molar-refractivity contribution in [1.82, 2.24) is 0 Å². The van der Waals surface area contributed by atoms with Gasteiger partial charge in [-0.05, 0) is 23.8 Å². The van der Waals surface area contributed by atoms with E-state index in [0.29, 0.717) is 0 Å². The second kappa shape index (κ2) is 7.10. The van der Waals surface area contributed by atoms with Gasteiger partial charge in [0.15, 0.2) is 0 Å². The fourth-order valence-corrected chi connectivity index (χ4v) is 3.40. The van der Waals surface area contributed by atoms with Gasteiger partial charge in [-0.3, -0.25) is 25.7 Å². The van der Waals surface area contributed by atoms with Crippen LogP contribution in [0.2, 0.25) is 0 Å². The van der Waals surface area contributed by atoms with Crippen molar-refractivity contribution in [3.63, 3.8) is 0 Å². The van der Waals surface area contributed by atoms with E-state index in [1.807, 2.05) is 31.3 Å². The minimum Gasteiger partial charge on any atom is -0.347 e. The fourth-order valence-electron chi connectivity index (χ4n) is 3.40. The van der Waals surface area contributed by atoms with Crippen LogP contribution in [0.4, 0.5) is 22.7 Å². The molecule has 0 spiro atoms. The molecule has 0 unspecified atom stereocenters. The lowest BCUT2D eigenvalue weighted by atomic mass is 9.84. The molecule has 2 aromatic carbocycles. The summed E-state index contributed by atoms with van der Waals surface area (Å²) in [5.41, 5.74) is 5.04. The van der Waals surface area contributed by atoms with Crippen LogP contribution >= 0.6 is 0 Å². The number of benzene rings is 2. The molecule has 0 aliphatic carbocycles. The summed E-state index contributed by atoms with van der Waals surface area (Å²) in [6.45, 7) is 4.23. The zero-order valence-electron chi connectivity index (χ0n) is 15.6. The molecule has 2 aromatic rings. The van der Waals surface area contributed by atoms with Crippen LogP contribution < -0.4 is 10.3 Å². The van der Waals surface area contributed by atoms with E-state index in [9.17, 15) is 20.2 Å². The summed E-state index contributed by atoms with van der Waals surface area (Å²) >= 11 is 0. The highest BCUT2D eigenvalue weighted by Crippen LogP contribution is 2.46. The fraction of sp³-hybridized carbons (Fsp3) is 0.211. The molecule has 0 saturated carbocycles. The number of allylic oxidation sites excluding steroid dienone is 2. The van der Waals surface area contributed by atoms with Gasteiger partial charge in [0.2, 0.25) is 0 Å². The highest BCUT2D eigenvalue weighted by Gasteiger charge is 2.37. The number of rotatable bonds is 5. The van der Waals surface area contributed by atoms with Gasteiger partial charge < -0.3 is 4.90 Å². The minimum absolute atomic E-state index is 0.0765. The molecule has 9 nitrogen and oxygen atoms in total. The maximum atomic E-state index is 11.2. The molecule has 9 heteroatoms. The molecule has 1 N–H and O–H groups in total. The van der Waals surface area contributed by atoms with Gasteiger partial charge in [0, 0.05) is 36.1 Å². The second-order valence-electron chi connectivity index (χ2n) is 6.86. The van der Waals surface area contributed by atoms with Gasteiger partial charge in [0.25, 0.3) is 5.69 Å². The van der Waals surface area contributed by atoms with Gasteiger partial charge in [-0.1, -0.05) is 32.0 Å². The summed E-state index contributed by atoms with van der Waals surface area (Å²) in [4.78, 5) is 22.7. The molecular formula is C19H19N5O4. The number of non-ortho nitro benzene ring substituents is 1. The normalized spacial score (nSPS) is 16.4. The van der Waals surface area contributed by atoms with Crippen molar-refractivity contribution in [2.45, 2.75) is 19.3 Å². The number of likely N-dealkylation sites (N-methyl/N-ethyl adjacent to an activating group) is 1. The SMILES string of the molecule is CN1C(=CC=NNc2ccc([N+](=O)[O-])cc2[N+](=O)[O-])C(C)(C)c2ccccc21. The molecule has 0 aromatic heterocycles. The monoisotopic (exact) mass is 381 g/mol. The predicted octanol–water partition coefficient (Wildman–Crippen LogP) is 4.21. The van der Waals surface area contributed by atoms with Crippen molar-refractivity contribution in [2.24, 2.45) is 5.10 Å². The molecular weight excluding hydrogens is 362 g/mol. The maximum Gasteiger partial charge on any atom is 0.301 e. The minimum atomic E-state index is -0.687. The van der Waals surface area contributed by atoms with Crippen LogP contribution in [-0.2, 0) is 5.41 Å². The molecule has 0 amide bonds. The molecule has 0 saturated heterocycles. The van der Waals surface area contributed by atoms with Crippen molar-refractivity contribution in [3.8, 4) is 0 Å². The van der Waals surface area contributed by atoms with Crippen LogP contribution in [0, 0.1) is 20.2 Å². The van der Waals surface area contributed by atoms with E-state index < -0.39 is 15.5 Å². The Morgan fingerprint density at radius 3 is 2.46 bits per heavy atom. The highest BCUT2D eigenvalue weighted by molar-refractivity contribution is 5.80. The average Bonchev–Trinajstić information content (AvgIpc) is 2.85. The number of nitro groups is 2. The van der Waals surface area contributed by atoms with Gasteiger partial charge >= 0.3 is 5.69 Å². The third-order valence-electron chi connectivity index (χ3n) is 4.82. The molecule has 0 bridgehead atoms. The number of nitrogens with one attached hydrogen (secondary N) is 1. The zero-order chi connectivity index (χ0) is 20.5. The number of fused-ring (bicyclic) bond motifs is 1. The van der Waals surface area contributed by atoms with Gasteiger partial charge in [0.05, 0.1) is 15.9 Å². The summed E-state index contributed by atoms with van der Waals surface area (Å²) in [5.74, 6) is 0. The quantitative estimate of drug-likeness (QED) is 0.471. The lowest BCUT2D eigenvalue weighted by Gasteiger charge is -2.23. The Morgan fingerprint density at radius 1 is 1.11 bits per heavy atom. The number of anilines is 2. The van der Waals surface area contributed by atoms with Crippen molar-refractivity contribution in [2.75, 3.05) is 17.4 Å². The van der Waals surface area contributed by atoms with E-state index in [1.54, 1.807) is 0 Å². The number of para-hydroxylation sites is 1. The Bertz CT molecular complexity index is 1010. The first-order chi connectivity index (χ1) is 13.2. The number of nitrogens with zero attached hydrogens (tertiary/aromatic N) is 4. The molecule has 1 aliphatic heterocycles. The highest BCUT2D eigenvalue weighted by atomic mass is 16.6. The van der Waals surface area contributed by atoms with Crippen LogP contribution in [0.3, 0.4) is 0 Å². The summed E-state index contributed by atoms with van der Waals surface area (Å²) in [6, 6.07) is 11.5. The summed E-state index contributed by atoms with van der Waals surface area (Å²) < 4.78 is 0. The maximum absolute atomic E-state index is 11.2. The Kier molecular flexibility index (Phi) is 4.83. The third kappa shape index (κ3) is 3.29. The second-order valence-corrected chi connectivity index (χ2v) is 6.86. The Balaban J connectivity index is 1.83. The topological polar surface area (TPSA) is 114 Å². The Labute approximate surface area is 161 Å². The third-order valence-corrected chi connectivity index (χ3v) is 4.82. The predicted molar refractivity (Wildman–Crippen MR) is 108 cm³/mol. The first kappa shape index (κ1) is 19.0. The standard InChI is InChI=1S/C19H19N5O4/c1-19(2)14-6-4-5-7-16(14)22(3)18(19)10-11-20-21-15-9-8-13(23(25)26)12-17(15)24(27)28/h4-12,21H,1-3H3. The molecule has 1 aliphatic rings. The van der Waals surface area contributed by atoms with Gasteiger partial charge in [-0.15, -0.1) is 0 Å². The number of nitro benzene ring substituents is 2. The van der Waals surface area contributed by atoms with Crippen LogP contribution in [0.25, 0.3) is 0 Å². The Hall–Kier alpha value is -3.75. The molecule has 3 rings (SSSR count). The van der Waals surface area contributed by atoms with E-state index in [2.05, 4.69) is 35.3 Å². The smallest absolute Gasteiger partial charge is 0.301 e. The van der Waals surface area contributed by atoms with Crippen LogP contribution in [0.1, 0.15) is 19.4 Å². The van der Waals surface area contributed by atoms with Crippen molar-refractivity contribution in [3.05, 3.63) is 80.0 Å². The average molecular weight is 381 g/mol. The first-order valence-electron chi connectivity index (χ1n) is 8.49.